The molecule has 0 bridgehead atoms. The Balaban J connectivity index is 2.08. The van der Waals surface area contributed by atoms with Crippen LogP contribution in [-0.4, -0.2) is 22.0 Å². The topological polar surface area (TPSA) is 74.2 Å². The maximum absolute atomic E-state index is 13.3. The average Bonchev–Trinajstić information content (AvgIpc) is 2.53. The number of rotatable bonds is 6. The van der Waals surface area contributed by atoms with Gasteiger partial charge in [0.1, 0.15) is 11.6 Å². The molecule has 1 aromatic carbocycles. The standard InChI is InChI=1S/C17H20FN3O2/c1-11(2)21-16-14(4-3-7-19-16)17(23)20-9-12-5-6-15(18)13(8-12)10-22/h3-8,11,22H,9-10H2,1-2H3,(H,19,21)(H,20,23). The van der Waals surface area contributed by atoms with Crippen LogP contribution < -0.4 is 10.6 Å². The number of aliphatic hydroxyl groups is 1. The molecule has 0 unspecified atom stereocenters. The lowest BCUT2D eigenvalue weighted by molar-refractivity contribution is 0.0951. The maximum Gasteiger partial charge on any atom is 0.255 e. The minimum Gasteiger partial charge on any atom is -0.392 e. The molecule has 2 aromatic rings. The second-order valence-electron chi connectivity index (χ2n) is 5.47. The summed E-state index contributed by atoms with van der Waals surface area (Å²) >= 11 is 0. The molecule has 3 N–H and O–H groups in total. The van der Waals surface area contributed by atoms with E-state index < -0.39 is 5.82 Å². The summed E-state index contributed by atoms with van der Waals surface area (Å²) in [6, 6.07) is 7.93. The van der Waals surface area contributed by atoms with Crippen molar-refractivity contribution in [3.8, 4) is 0 Å². The monoisotopic (exact) mass is 317 g/mol. The predicted molar refractivity (Wildman–Crippen MR) is 86.5 cm³/mol. The van der Waals surface area contributed by atoms with Crippen LogP contribution in [0.3, 0.4) is 0 Å². The molecule has 5 nitrogen and oxygen atoms in total. The number of amides is 1. The van der Waals surface area contributed by atoms with Crippen LogP contribution >= 0.6 is 0 Å². The zero-order valence-corrected chi connectivity index (χ0v) is 13.1. The van der Waals surface area contributed by atoms with Crippen LogP contribution in [0, 0.1) is 5.82 Å². The zero-order valence-electron chi connectivity index (χ0n) is 13.1. The number of nitrogens with one attached hydrogen (secondary N) is 2. The van der Waals surface area contributed by atoms with E-state index in [1.54, 1.807) is 24.4 Å². The van der Waals surface area contributed by atoms with Gasteiger partial charge in [-0.3, -0.25) is 4.79 Å². The number of anilines is 1. The quantitative estimate of drug-likeness (QED) is 0.765. The van der Waals surface area contributed by atoms with E-state index in [0.717, 1.165) is 0 Å². The van der Waals surface area contributed by atoms with Crippen molar-refractivity contribution in [1.82, 2.24) is 10.3 Å². The lowest BCUT2D eigenvalue weighted by atomic mass is 10.1. The van der Waals surface area contributed by atoms with Crippen LogP contribution in [-0.2, 0) is 13.2 Å². The van der Waals surface area contributed by atoms with Gasteiger partial charge in [0.25, 0.3) is 5.91 Å². The number of carbonyl (C=O) groups is 1. The van der Waals surface area contributed by atoms with Crippen LogP contribution in [0.5, 0.6) is 0 Å². The second kappa shape index (κ2) is 7.69. The van der Waals surface area contributed by atoms with Gasteiger partial charge in [-0.15, -0.1) is 0 Å². The number of hydrogen-bond acceptors (Lipinski definition) is 4. The van der Waals surface area contributed by atoms with Gasteiger partial charge in [0.2, 0.25) is 0 Å². The second-order valence-corrected chi connectivity index (χ2v) is 5.47. The van der Waals surface area contributed by atoms with Crippen molar-refractivity contribution < 1.29 is 14.3 Å². The molecule has 0 saturated heterocycles. The van der Waals surface area contributed by atoms with E-state index >= 15 is 0 Å². The molecule has 6 heteroatoms. The minimum atomic E-state index is -0.460. The first kappa shape index (κ1) is 16.9. The van der Waals surface area contributed by atoms with E-state index in [1.807, 2.05) is 13.8 Å². The van der Waals surface area contributed by atoms with Crippen LogP contribution in [0.2, 0.25) is 0 Å². The lowest BCUT2D eigenvalue weighted by Crippen LogP contribution is -2.25. The number of halogens is 1. The van der Waals surface area contributed by atoms with Gasteiger partial charge >= 0.3 is 0 Å². The molecule has 122 valence electrons. The van der Waals surface area contributed by atoms with E-state index in [-0.39, 0.29) is 30.7 Å². The molecule has 0 aliphatic heterocycles. The summed E-state index contributed by atoms with van der Waals surface area (Å²) in [5, 5.41) is 15.0. The van der Waals surface area contributed by atoms with Gasteiger partial charge < -0.3 is 15.7 Å². The van der Waals surface area contributed by atoms with Crippen LogP contribution in [0.1, 0.15) is 35.3 Å². The maximum atomic E-state index is 13.3. The molecular weight excluding hydrogens is 297 g/mol. The largest absolute Gasteiger partial charge is 0.392 e. The first-order valence-corrected chi connectivity index (χ1v) is 7.39. The fraction of sp³-hybridized carbons (Fsp3) is 0.294. The Hall–Kier alpha value is -2.47. The fourth-order valence-corrected chi connectivity index (χ4v) is 2.11. The highest BCUT2D eigenvalue weighted by molar-refractivity contribution is 5.98. The summed E-state index contributed by atoms with van der Waals surface area (Å²) in [5.74, 6) is -0.204. The van der Waals surface area contributed by atoms with Gasteiger partial charge in [0.05, 0.1) is 12.2 Å². The fourth-order valence-electron chi connectivity index (χ4n) is 2.11. The van der Waals surface area contributed by atoms with Crippen LogP contribution in [0.15, 0.2) is 36.5 Å². The van der Waals surface area contributed by atoms with Crippen molar-refractivity contribution >= 4 is 11.7 Å². The molecule has 0 spiro atoms. The third-order valence-corrected chi connectivity index (χ3v) is 3.21. The number of hydrogen-bond donors (Lipinski definition) is 3. The first-order valence-electron chi connectivity index (χ1n) is 7.39. The molecule has 23 heavy (non-hydrogen) atoms. The number of aromatic nitrogens is 1. The summed E-state index contributed by atoms with van der Waals surface area (Å²) in [6.07, 6.45) is 1.62. The molecule has 0 radical (unpaired) electrons. The van der Waals surface area contributed by atoms with Gasteiger partial charge in [0.15, 0.2) is 0 Å². The van der Waals surface area contributed by atoms with Gasteiger partial charge in [-0.05, 0) is 43.7 Å². The highest BCUT2D eigenvalue weighted by Gasteiger charge is 2.13. The highest BCUT2D eigenvalue weighted by Crippen LogP contribution is 2.14. The minimum absolute atomic E-state index is 0.153. The Bertz CT molecular complexity index is 689. The van der Waals surface area contributed by atoms with Crippen molar-refractivity contribution in [2.45, 2.75) is 33.0 Å². The number of carbonyl (C=O) groups excluding carboxylic acids is 1. The Morgan fingerprint density at radius 3 is 2.83 bits per heavy atom. The number of benzene rings is 1. The van der Waals surface area contributed by atoms with E-state index in [2.05, 4.69) is 15.6 Å². The van der Waals surface area contributed by atoms with Crippen molar-refractivity contribution in [3.05, 3.63) is 59.0 Å². The highest BCUT2D eigenvalue weighted by atomic mass is 19.1. The lowest BCUT2D eigenvalue weighted by Gasteiger charge is -2.13. The Kier molecular flexibility index (Phi) is 5.65. The number of pyridine rings is 1. The molecule has 0 atom stereocenters. The molecule has 1 amide bonds. The molecule has 0 aliphatic rings. The summed E-state index contributed by atoms with van der Waals surface area (Å²) < 4.78 is 13.3. The normalized spacial score (nSPS) is 10.7. The molecule has 0 fully saturated rings. The molecule has 1 aromatic heterocycles. The van der Waals surface area contributed by atoms with E-state index in [9.17, 15) is 9.18 Å². The molecule has 0 saturated carbocycles. The summed E-state index contributed by atoms with van der Waals surface area (Å²) in [5.41, 5.74) is 1.37. The molecule has 1 heterocycles. The van der Waals surface area contributed by atoms with Gasteiger partial charge in [-0.2, -0.15) is 0 Å². The van der Waals surface area contributed by atoms with Crippen molar-refractivity contribution in [3.63, 3.8) is 0 Å². The van der Waals surface area contributed by atoms with Gasteiger partial charge in [-0.25, -0.2) is 9.37 Å². The third-order valence-electron chi connectivity index (χ3n) is 3.21. The molecule has 0 aliphatic carbocycles. The SMILES string of the molecule is CC(C)Nc1ncccc1C(=O)NCc1ccc(F)c(CO)c1. The van der Waals surface area contributed by atoms with Gasteiger partial charge in [-0.1, -0.05) is 6.07 Å². The predicted octanol–water partition coefficient (Wildman–Crippen LogP) is 2.46. The van der Waals surface area contributed by atoms with Crippen molar-refractivity contribution in [2.75, 3.05) is 5.32 Å². The average molecular weight is 317 g/mol. The summed E-state index contributed by atoms with van der Waals surface area (Å²) in [4.78, 5) is 16.5. The van der Waals surface area contributed by atoms with Gasteiger partial charge in [0, 0.05) is 24.3 Å². The Labute approximate surface area is 134 Å². The van der Waals surface area contributed by atoms with Crippen LogP contribution in [0.4, 0.5) is 10.2 Å². The Morgan fingerprint density at radius 1 is 1.35 bits per heavy atom. The molecular formula is C17H20FN3O2. The van der Waals surface area contributed by atoms with Crippen molar-refractivity contribution in [2.24, 2.45) is 0 Å². The first-order chi connectivity index (χ1) is 11.0. The smallest absolute Gasteiger partial charge is 0.255 e. The number of aliphatic hydroxyl groups excluding tert-OH is 1. The van der Waals surface area contributed by atoms with Crippen LogP contribution in [0.25, 0.3) is 0 Å². The third kappa shape index (κ3) is 4.50. The zero-order chi connectivity index (χ0) is 16.8. The molecule has 2 rings (SSSR count). The summed E-state index contributed by atoms with van der Waals surface area (Å²) in [6.45, 7) is 3.79. The summed E-state index contributed by atoms with van der Waals surface area (Å²) in [7, 11) is 0. The van der Waals surface area contributed by atoms with E-state index in [1.165, 1.54) is 12.1 Å². The van der Waals surface area contributed by atoms with E-state index in [0.29, 0.717) is 16.9 Å². The number of nitrogens with zero attached hydrogens (tertiary/aromatic N) is 1. The Morgan fingerprint density at radius 2 is 2.13 bits per heavy atom. The van der Waals surface area contributed by atoms with E-state index in [4.69, 9.17) is 5.11 Å². The van der Waals surface area contributed by atoms with Crippen molar-refractivity contribution in [1.29, 1.82) is 0 Å².